The van der Waals surface area contributed by atoms with Crippen LogP contribution in [0.5, 0.6) is 0 Å². The van der Waals surface area contributed by atoms with Gasteiger partial charge >= 0.3 is 5.97 Å². The maximum absolute atomic E-state index is 12.8. The zero-order valence-corrected chi connectivity index (χ0v) is 12.7. The number of carbonyl (C=O) groups is 1. The number of piperidine rings is 1. The monoisotopic (exact) mass is 307 g/mol. The van der Waals surface area contributed by atoms with E-state index in [9.17, 15) is 14.3 Å². The molecular formula is C17H22FNO3. The van der Waals surface area contributed by atoms with Gasteiger partial charge < -0.3 is 14.7 Å². The minimum atomic E-state index is -1.19. The Morgan fingerprint density at radius 3 is 2.50 bits per heavy atom. The van der Waals surface area contributed by atoms with Crippen molar-refractivity contribution >= 4 is 5.97 Å². The normalized spacial score (nSPS) is 29.3. The summed E-state index contributed by atoms with van der Waals surface area (Å²) in [5, 5.41) is 9.99. The molecule has 2 bridgehead atoms. The number of nitrogens with zero attached hydrogens (tertiary/aromatic N) is 1. The van der Waals surface area contributed by atoms with Crippen molar-refractivity contribution in [2.45, 2.75) is 56.4 Å². The largest absolute Gasteiger partial charge is 0.460 e. The van der Waals surface area contributed by atoms with E-state index in [1.54, 1.807) is 12.1 Å². The average Bonchev–Trinajstić information content (AvgIpc) is 2.72. The van der Waals surface area contributed by atoms with Gasteiger partial charge in [-0.05, 0) is 50.4 Å². The Morgan fingerprint density at radius 1 is 1.32 bits per heavy atom. The summed E-state index contributed by atoms with van der Waals surface area (Å²) in [6.07, 6.45) is 2.88. The highest BCUT2D eigenvalue weighted by Crippen LogP contribution is 2.35. The first kappa shape index (κ1) is 15.4. The molecule has 0 amide bonds. The van der Waals surface area contributed by atoms with Gasteiger partial charge in [-0.15, -0.1) is 0 Å². The Kier molecular flexibility index (Phi) is 4.45. The van der Waals surface area contributed by atoms with Crippen molar-refractivity contribution in [1.82, 2.24) is 4.90 Å². The molecule has 2 heterocycles. The first-order valence-electron chi connectivity index (χ1n) is 7.88. The summed E-state index contributed by atoms with van der Waals surface area (Å²) in [6.45, 7) is 0. The Balaban J connectivity index is 1.52. The molecule has 22 heavy (non-hydrogen) atoms. The molecule has 0 aromatic heterocycles. The lowest BCUT2D eigenvalue weighted by Crippen LogP contribution is -2.44. The summed E-state index contributed by atoms with van der Waals surface area (Å²) < 4.78 is 18.3. The predicted molar refractivity (Wildman–Crippen MR) is 79.8 cm³/mol. The van der Waals surface area contributed by atoms with Crippen LogP contribution in [0.2, 0.25) is 0 Å². The highest BCUT2D eigenvalue weighted by atomic mass is 19.1. The van der Waals surface area contributed by atoms with Crippen molar-refractivity contribution in [2.24, 2.45) is 0 Å². The smallest absolute Gasteiger partial charge is 0.335 e. The Bertz CT molecular complexity index is 519. The standard InChI is InChI=1S/C17H22FNO3/c1-19-13-6-7-14(19)10-15(9-13)22-17(21)16(20)8-11-2-4-12(18)5-3-11/h2-5,13-16,20H,6-10H2,1H3/t13-,14+,15?,16-/m1/s1. The molecule has 4 atom stereocenters. The van der Waals surface area contributed by atoms with Crippen LogP contribution in [-0.4, -0.2) is 47.3 Å². The molecule has 4 nitrogen and oxygen atoms in total. The SMILES string of the molecule is CN1[C@@H]2CC[C@H]1CC(OC(=O)[C@H](O)Cc1ccc(F)cc1)C2. The number of aliphatic hydroxyl groups is 1. The fourth-order valence-corrected chi connectivity index (χ4v) is 3.63. The fraction of sp³-hybridized carbons (Fsp3) is 0.588. The van der Waals surface area contributed by atoms with E-state index in [-0.39, 0.29) is 18.3 Å². The third-order valence-electron chi connectivity index (χ3n) is 4.95. The van der Waals surface area contributed by atoms with E-state index in [2.05, 4.69) is 11.9 Å². The maximum atomic E-state index is 12.8. The lowest BCUT2D eigenvalue weighted by Gasteiger charge is -2.36. The highest BCUT2D eigenvalue weighted by molar-refractivity contribution is 5.75. The summed E-state index contributed by atoms with van der Waals surface area (Å²) in [5.74, 6) is -0.902. The molecule has 3 rings (SSSR count). The third-order valence-corrected chi connectivity index (χ3v) is 4.95. The molecule has 1 N–H and O–H groups in total. The molecule has 0 aliphatic carbocycles. The van der Waals surface area contributed by atoms with Crippen LogP contribution in [0.3, 0.4) is 0 Å². The molecule has 2 aliphatic heterocycles. The van der Waals surface area contributed by atoms with Gasteiger partial charge in [-0.25, -0.2) is 9.18 Å². The number of halogens is 1. The first-order valence-corrected chi connectivity index (χ1v) is 7.88. The second-order valence-corrected chi connectivity index (χ2v) is 6.43. The second-order valence-electron chi connectivity index (χ2n) is 6.43. The van der Waals surface area contributed by atoms with Crippen LogP contribution in [-0.2, 0) is 16.0 Å². The van der Waals surface area contributed by atoms with Crippen LogP contribution in [0.15, 0.2) is 24.3 Å². The molecule has 2 aliphatic rings. The van der Waals surface area contributed by atoms with Gasteiger partial charge in [0.25, 0.3) is 0 Å². The number of hydrogen-bond acceptors (Lipinski definition) is 4. The Morgan fingerprint density at radius 2 is 1.91 bits per heavy atom. The van der Waals surface area contributed by atoms with E-state index in [1.807, 2.05) is 0 Å². The second kappa shape index (κ2) is 6.34. The zero-order valence-electron chi connectivity index (χ0n) is 12.7. The van der Waals surface area contributed by atoms with Gasteiger partial charge in [-0.2, -0.15) is 0 Å². The molecule has 2 fully saturated rings. The number of benzene rings is 1. The number of aliphatic hydroxyl groups excluding tert-OH is 1. The molecule has 2 saturated heterocycles. The summed E-state index contributed by atoms with van der Waals surface area (Å²) >= 11 is 0. The number of fused-ring (bicyclic) bond motifs is 2. The third kappa shape index (κ3) is 3.31. The fourth-order valence-electron chi connectivity index (χ4n) is 3.63. The van der Waals surface area contributed by atoms with Gasteiger partial charge in [-0.1, -0.05) is 12.1 Å². The first-order chi connectivity index (χ1) is 10.5. The topological polar surface area (TPSA) is 49.8 Å². The van der Waals surface area contributed by atoms with E-state index in [4.69, 9.17) is 4.74 Å². The van der Waals surface area contributed by atoms with E-state index in [1.165, 1.54) is 12.1 Å². The van der Waals surface area contributed by atoms with Gasteiger partial charge in [0.1, 0.15) is 11.9 Å². The van der Waals surface area contributed by atoms with Gasteiger partial charge in [0.05, 0.1) is 0 Å². The van der Waals surface area contributed by atoms with Crippen molar-refractivity contribution in [3.8, 4) is 0 Å². The van der Waals surface area contributed by atoms with E-state index >= 15 is 0 Å². The molecule has 1 aromatic rings. The van der Waals surface area contributed by atoms with E-state index in [0.29, 0.717) is 17.6 Å². The average molecular weight is 307 g/mol. The minimum Gasteiger partial charge on any atom is -0.460 e. The Labute approximate surface area is 129 Å². The van der Waals surface area contributed by atoms with Crippen LogP contribution in [0.25, 0.3) is 0 Å². The molecule has 0 radical (unpaired) electrons. The summed E-state index contributed by atoms with van der Waals surface area (Å²) in [6, 6.07) is 6.77. The number of esters is 1. The number of carbonyl (C=O) groups excluding carboxylic acids is 1. The molecule has 120 valence electrons. The van der Waals surface area contributed by atoms with Crippen molar-refractivity contribution in [3.63, 3.8) is 0 Å². The molecule has 0 saturated carbocycles. The van der Waals surface area contributed by atoms with Crippen LogP contribution >= 0.6 is 0 Å². The number of ether oxygens (including phenoxy) is 1. The van der Waals surface area contributed by atoms with E-state index < -0.39 is 12.1 Å². The zero-order chi connectivity index (χ0) is 15.7. The quantitative estimate of drug-likeness (QED) is 0.863. The van der Waals surface area contributed by atoms with Crippen molar-refractivity contribution in [1.29, 1.82) is 0 Å². The van der Waals surface area contributed by atoms with Gasteiger partial charge in [0, 0.05) is 18.5 Å². The summed E-state index contributed by atoms with van der Waals surface area (Å²) in [5.41, 5.74) is 0.717. The lowest BCUT2D eigenvalue weighted by molar-refractivity contribution is -0.162. The Hall–Kier alpha value is -1.46. The lowest BCUT2D eigenvalue weighted by atomic mass is 10.0. The van der Waals surface area contributed by atoms with Crippen LogP contribution in [0, 0.1) is 5.82 Å². The molecular weight excluding hydrogens is 285 g/mol. The summed E-state index contributed by atoms with van der Waals surface area (Å²) in [4.78, 5) is 14.4. The van der Waals surface area contributed by atoms with Crippen LogP contribution < -0.4 is 0 Å². The van der Waals surface area contributed by atoms with Crippen LogP contribution in [0.1, 0.15) is 31.2 Å². The molecule has 5 heteroatoms. The van der Waals surface area contributed by atoms with Gasteiger partial charge in [0.2, 0.25) is 0 Å². The molecule has 1 unspecified atom stereocenters. The number of rotatable bonds is 4. The number of hydrogen-bond donors (Lipinski definition) is 1. The van der Waals surface area contributed by atoms with Crippen molar-refractivity contribution < 1.29 is 19.0 Å². The summed E-state index contributed by atoms with van der Waals surface area (Å²) in [7, 11) is 2.13. The molecule has 1 aromatic carbocycles. The van der Waals surface area contributed by atoms with Gasteiger partial charge in [-0.3, -0.25) is 0 Å². The van der Waals surface area contributed by atoms with Gasteiger partial charge in [0.15, 0.2) is 6.10 Å². The van der Waals surface area contributed by atoms with Crippen LogP contribution in [0.4, 0.5) is 4.39 Å². The van der Waals surface area contributed by atoms with Crippen molar-refractivity contribution in [3.05, 3.63) is 35.6 Å². The highest BCUT2D eigenvalue weighted by Gasteiger charge is 2.40. The minimum absolute atomic E-state index is 0.0935. The van der Waals surface area contributed by atoms with E-state index in [0.717, 1.165) is 25.7 Å². The molecule has 0 spiro atoms. The predicted octanol–water partition coefficient (Wildman–Crippen LogP) is 1.90. The van der Waals surface area contributed by atoms with Crippen molar-refractivity contribution in [2.75, 3.05) is 7.05 Å². The maximum Gasteiger partial charge on any atom is 0.335 e.